The third-order valence-electron chi connectivity index (χ3n) is 5.03. The second-order valence-electron chi connectivity index (χ2n) is 7.20. The molecule has 0 radical (unpaired) electrons. The molecule has 1 aliphatic rings. The zero-order valence-corrected chi connectivity index (χ0v) is 17.2. The van der Waals surface area contributed by atoms with E-state index in [4.69, 9.17) is 4.42 Å². The van der Waals surface area contributed by atoms with E-state index in [-0.39, 0.29) is 22.7 Å². The summed E-state index contributed by atoms with van der Waals surface area (Å²) in [5, 5.41) is 8.92. The summed E-state index contributed by atoms with van der Waals surface area (Å²) in [5.41, 5.74) is 3.59. The standard InChI is InChI=1S/C21H22N2O3S2/c1-15-7-5-6-10-18(15)20(17-8-3-2-4-9-17)27-21-23-22-19(26-21)13-16-11-12-28(24,25)14-16/h2-10,16,20H,11-14H2,1H3/t16-,20-/m1/s1. The van der Waals surface area contributed by atoms with E-state index >= 15 is 0 Å². The minimum absolute atomic E-state index is 0.0440. The number of rotatable bonds is 6. The van der Waals surface area contributed by atoms with Gasteiger partial charge in [-0.2, -0.15) is 0 Å². The fourth-order valence-corrected chi connectivity index (χ4v) is 6.55. The topological polar surface area (TPSA) is 73.1 Å². The molecule has 0 unspecified atom stereocenters. The van der Waals surface area contributed by atoms with E-state index < -0.39 is 9.84 Å². The largest absolute Gasteiger partial charge is 0.416 e. The maximum absolute atomic E-state index is 11.7. The molecule has 1 aliphatic heterocycles. The lowest BCUT2D eigenvalue weighted by atomic mass is 10.0. The third kappa shape index (κ3) is 4.47. The fourth-order valence-electron chi connectivity index (χ4n) is 3.57. The highest BCUT2D eigenvalue weighted by Gasteiger charge is 2.29. The number of thioether (sulfide) groups is 1. The first-order chi connectivity index (χ1) is 13.5. The Morgan fingerprint density at radius 1 is 1.11 bits per heavy atom. The van der Waals surface area contributed by atoms with Crippen molar-refractivity contribution in [1.82, 2.24) is 10.2 Å². The van der Waals surface area contributed by atoms with Gasteiger partial charge in [0.15, 0.2) is 9.84 Å². The maximum Gasteiger partial charge on any atom is 0.277 e. The monoisotopic (exact) mass is 414 g/mol. The lowest BCUT2D eigenvalue weighted by Crippen LogP contribution is -2.07. The van der Waals surface area contributed by atoms with Gasteiger partial charge in [-0.25, -0.2) is 8.42 Å². The van der Waals surface area contributed by atoms with Crippen molar-refractivity contribution in [3.05, 3.63) is 77.2 Å². The predicted molar refractivity (Wildman–Crippen MR) is 110 cm³/mol. The van der Waals surface area contributed by atoms with Gasteiger partial charge >= 0.3 is 0 Å². The number of benzene rings is 2. The lowest BCUT2D eigenvalue weighted by Gasteiger charge is -2.17. The van der Waals surface area contributed by atoms with Crippen LogP contribution in [0.4, 0.5) is 0 Å². The van der Waals surface area contributed by atoms with Crippen molar-refractivity contribution in [3.8, 4) is 0 Å². The van der Waals surface area contributed by atoms with Crippen molar-refractivity contribution in [3.63, 3.8) is 0 Å². The molecule has 3 aromatic rings. The van der Waals surface area contributed by atoms with Crippen molar-refractivity contribution in [1.29, 1.82) is 0 Å². The van der Waals surface area contributed by atoms with Gasteiger partial charge in [-0.3, -0.25) is 0 Å². The molecule has 5 nitrogen and oxygen atoms in total. The molecule has 28 heavy (non-hydrogen) atoms. The smallest absolute Gasteiger partial charge is 0.277 e. The van der Waals surface area contributed by atoms with Crippen LogP contribution >= 0.6 is 11.8 Å². The van der Waals surface area contributed by atoms with Crippen LogP contribution in [0.5, 0.6) is 0 Å². The Bertz CT molecular complexity index is 1050. The van der Waals surface area contributed by atoms with Crippen molar-refractivity contribution < 1.29 is 12.8 Å². The van der Waals surface area contributed by atoms with Crippen LogP contribution in [-0.2, 0) is 16.3 Å². The van der Waals surface area contributed by atoms with Crippen molar-refractivity contribution in [2.24, 2.45) is 5.92 Å². The number of sulfone groups is 1. The predicted octanol–water partition coefficient (Wildman–Crippen LogP) is 4.24. The first-order valence-electron chi connectivity index (χ1n) is 9.30. The summed E-state index contributed by atoms with van der Waals surface area (Å²) in [7, 11) is -2.90. The van der Waals surface area contributed by atoms with E-state index in [1.54, 1.807) is 0 Å². The highest BCUT2D eigenvalue weighted by molar-refractivity contribution is 7.99. The molecule has 0 saturated carbocycles. The second-order valence-corrected chi connectivity index (χ2v) is 10.5. The lowest BCUT2D eigenvalue weighted by molar-refractivity contribution is 0.389. The summed E-state index contributed by atoms with van der Waals surface area (Å²) in [6.07, 6.45) is 1.19. The van der Waals surface area contributed by atoms with E-state index in [0.29, 0.717) is 24.0 Å². The quantitative estimate of drug-likeness (QED) is 0.562. The molecule has 1 aromatic heterocycles. The Labute approximate surface area is 169 Å². The fraction of sp³-hybridized carbons (Fsp3) is 0.333. The molecule has 0 N–H and O–H groups in total. The average Bonchev–Trinajstić information content (AvgIpc) is 3.27. The van der Waals surface area contributed by atoms with E-state index in [2.05, 4.69) is 41.4 Å². The Kier molecular flexibility index (Phi) is 5.55. The van der Waals surface area contributed by atoms with Gasteiger partial charge in [0, 0.05) is 6.42 Å². The Morgan fingerprint density at radius 3 is 2.57 bits per heavy atom. The molecule has 146 valence electrons. The summed E-state index contributed by atoms with van der Waals surface area (Å²) >= 11 is 1.53. The molecular weight excluding hydrogens is 392 g/mol. The number of aryl methyl sites for hydroxylation is 1. The van der Waals surface area contributed by atoms with Crippen molar-refractivity contribution in [2.45, 2.75) is 30.2 Å². The van der Waals surface area contributed by atoms with Crippen molar-refractivity contribution in [2.75, 3.05) is 11.5 Å². The summed E-state index contributed by atoms with van der Waals surface area (Å²) in [4.78, 5) is 0. The SMILES string of the molecule is Cc1ccccc1[C@H](Sc1nnc(C[C@H]2CCS(=O)(=O)C2)o1)c1ccccc1. The highest BCUT2D eigenvalue weighted by atomic mass is 32.2. The van der Waals surface area contributed by atoms with Crippen LogP contribution in [0.3, 0.4) is 0 Å². The molecule has 1 saturated heterocycles. The molecule has 0 bridgehead atoms. The van der Waals surface area contributed by atoms with Gasteiger partial charge in [-0.05, 0) is 36.0 Å². The highest BCUT2D eigenvalue weighted by Crippen LogP contribution is 2.41. The molecule has 2 atom stereocenters. The van der Waals surface area contributed by atoms with E-state index in [9.17, 15) is 8.42 Å². The minimum Gasteiger partial charge on any atom is -0.416 e. The Morgan fingerprint density at radius 2 is 1.86 bits per heavy atom. The van der Waals surface area contributed by atoms with Crippen LogP contribution in [0, 0.1) is 12.8 Å². The van der Waals surface area contributed by atoms with E-state index in [1.165, 1.54) is 28.5 Å². The normalized spacial score (nSPS) is 19.5. The van der Waals surface area contributed by atoms with Gasteiger partial charge in [0.05, 0.1) is 16.8 Å². The van der Waals surface area contributed by atoms with Crippen LogP contribution in [0.1, 0.15) is 34.3 Å². The summed E-state index contributed by atoms with van der Waals surface area (Å²) in [6.45, 7) is 2.10. The number of aromatic nitrogens is 2. The molecule has 2 aromatic carbocycles. The second kappa shape index (κ2) is 8.09. The van der Waals surface area contributed by atoms with E-state index in [0.717, 1.165) is 0 Å². The van der Waals surface area contributed by atoms with Gasteiger partial charge in [-0.1, -0.05) is 66.4 Å². The Balaban J connectivity index is 1.55. The summed E-state index contributed by atoms with van der Waals surface area (Å²) in [6, 6.07) is 18.6. The number of hydrogen-bond acceptors (Lipinski definition) is 6. The van der Waals surface area contributed by atoms with Crippen molar-refractivity contribution >= 4 is 21.6 Å². The van der Waals surface area contributed by atoms with E-state index in [1.807, 2.05) is 30.3 Å². The van der Waals surface area contributed by atoms with Crippen LogP contribution in [-0.4, -0.2) is 30.1 Å². The zero-order valence-electron chi connectivity index (χ0n) is 15.6. The average molecular weight is 415 g/mol. The number of hydrogen-bond donors (Lipinski definition) is 0. The first kappa shape index (κ1) is 19.2. The minimum atomic E-state index is -2.90. The molecule has 0 spiro atoms. The van der Waals surface area contributed by atoms with Crippen LogP contribution in [0.25, 0.3) is 0 Å². The molecular formula is C21H22N2O3S2. The summed E-state index contributed by atoms with van der Waals surface area (Å²) in [5.74, 6) is 1.07. The molecule has 7 heteroatoms. The van der Waals surface area contributed by atoms with Gasteiger partial charge in [0.1, 0.15) is 0 Å². The molecule has 0 amide bonds. The molecule has 2 heterocycles. The molecule has 4 rings (SSSR count). The van der Waals surface area contributed by atoms with Gasteiger partial charge in [0.25, 0.3) is 5.22 Å². The van der Waals surface area contributed by atoms with Crippen LogP contribution < -0.4 is 0 Å². The first-order valence-corrected chi connectivity index (χ1v) is 12.0. The van der Waals surface area contributed by atoms with Gasteiger partial charge in [0.2, 0.25) is 5.89 Å². The van der Waals surface area contributed by atoms with Crippen LogP contribution in [0.2, 0.25) is 0 Å². The number of nitrogens with zero attached hydrogens (tertiary/aromatic N) is 2. The van der Waals surface area contributed by atoms with Gasteiger partial charge < -0.3 is 4.42 Å². The molecule has 0 aliphatic carbocycles. The zero-order chi connectivity index (χ0) is 19.6. The third-order valence-corrected chi connectivity index (χ3v) is 8.00. The van der Waals surface area contributed by atoms with Crippen LogP contribution in [0.15, 0.2) is 64.2 Å². The Hall–Kier alpha value is -2.12. The maximum atomic E-state index is 11.7. The van der Waals surface area contributed by atoms with Gasteiger partial charge in [-0.15, -0.1) is 10.2 Å². The molecule has 1 fully saturated rings. The summed E-state index contributed by atoms with van der Waals surface area (Å²) < 4.78 is 29.2.